The number of halogens is 1. The Labute approximate surface area is 172 Å². The van der Waals surface area contributed by atoms with Gasteiger partial charge in [0.15, 0.2) is 0 Å². The maximum atomic E-state index is 12.4. The highest BCUT2D eigenvalue weighted by atomic mass is 35.5. The Morgan fingerprint density at radius 3 is 2.18 bits per heavy atom. The molecular formula is C21H27ClN2O3S. The summed E-state index contributed by atoms with van der Waals surface area (Å²) in [7, 11) is -3.59. The number of anilines is 1. The molecule has 5 nitrogen and oxygen atoms in total. The van der Waals surface area contributed by atoms with Crippen LogP contribution in [-0.4, -0.2) is 33.7 Å². The average molecular weight is 423 g/mol. The number of carbonyl (C=O) groups is 1. The topological polar surface area (TPSA) is 66.5 Å². The summed E-state index contributed by atoms with van der Waals surface area (Å²) in [5.41, 5.74) is 4.43. The normalized spacial score (nSPS) is 11.3. The summed E-state index contributed by atoms with van der Waals surface area (Å²) in [6.45, 7) is 5.92. The molecule has 7 heteroatoms. The molecule has 0 spiro atoms. The van der Waals surface area contributed by atoms with Gasteiger partial charge in [0.25, 0.3) is 0 Å². The van der Waals surface area contributed by atoms with Gasteiger partial charge in [-0.2, -0.15) is 0 Å². The van der Waals surface area contributed by atoms with Gasteiger partial charge in [0.05, 0.1) is 11.9 Å². The van der Waals surface area contributed by atoms with Crippen LogP contribution >= 0.6 is 11.6 Å². The largest absolute Gasteiger partial charge is 0.355 e. The lowest BCUT2D eigenvalue weighted by atomic mass is 10.1. The molecule has 0 aromatic heterocycles. The summed E-state index contributed by atoms with van der Waals surface area (Å²) < 4.78 is 25.9. The SMILES string of the molecule is Cc1cc(C)c(N(CC(=O)NCCCc2ccc(Cl)cc2)S(C)(=O)=O)c(C)c1. The van der Waals surface area contributed by atoms with Crippen molar-refractivity contribution >= 4 is 33.2 Å². The summed E-state index contributed by atoms with van der Waals surface area (Å²) in [5.74, 6) is -0.319. The van der Waals surface area contributed by atoms with Crippen LogP contribution in [0.2, 0.25) is 5.02 Å². The minimum atomic E-state index is -3.59. The number of rotatable bonds is 8. The number of aryl methyl sites for hydroxylation is 4. The third-order valence-electron chi connectivity index (χ3n) is 4.45. The van der Waals surface area contributed by atoms with Gasteiger partial charge in [0, 0.05) is 11.6 Å². The lowest BCUT2D eigenvalue weighted by molar-refractivity contribution is -0.119. The second-order valence-corrected chi connectivity index (χ2v) is 9.44. The molecule has 0 aliphatic heterocycles. The van der Waals surface area contributed by atoms with Crippen molar-refractivity contribution in [3.63, 3.8) is 0 Å². The van der Waals surface area contributed by atoms with Gasteiger partial charge >= 0.3 is 0 Å². The van der Waals surface area contributed by atoms with Gasteiger partial charge in [-0.3, -0.25) is 9.10 Å². The van der Waals surface area contributed by atoms with Crippen molar-refractivity contribution in [2.24, 2.45) is 0 Å². The molecule has 152 valence electrons. The minimum absolute atomic E-state index is 0.232. The summed E-state index contributed by atoms with van der Waals surface area (Å²) in [6, 6.07) is 11.4. The second kappa shape index (κ2) is 9.43. The number of carbonyl (C=O) groups excluding carboxylic acids is 1. The number of hydrogen-bond donors (Lipinski definition) is 1. The molecular weight excluding hydrogens is 396 g/mol. The Bertz CT molecular complexity index is 918. The number of nitrogens with zero attached hydrogens (tertiary/aromatic N) is 1. The van der Waals surface area contributed by atoms with Crippen molar-refractivity contribution in [2.45, 2.75) is 33.6 Å². The van der Waals surface area contributed by atoms with Crippen LogP contribution in [0, 0.1) is 20.8 Å². The molecule has 0 atom stereocenters. The first-order chi connectivity index (χ1) is 13.1. The Balaban J connectivity index is 1.99. The molecule has 2 aromatic rings. The van der Waals surface area contributed by atoms with Crippen molar-refractivity contribution < 1.29 is 13.2 Å². The van der Waals surface area contributed by atoms with E-state index >= 15 is 0 Å². The van der Waals surface area contributed by atoms with Crippen molar-refractivity contribution in [1.82, 2.24) is 5.32 Å². The maximum absolute atomic E-state index is 12.4. The molecule has 2 rings (SSSR count). The number of hydrogen-bond acceptors (Lipinski definition) is 3. The van der Waals surface area contributed by atoms with Crippen molar-refractivity contribution in [1.29, 1.82) is 0 Å². The van der Waals surface area contributed by atoms with Gasteiger partial charge in [-0.25, -0.2) is 8.42 Å². The van der Waals surface area contributed by atoms with Gasteiger partial charge in [-0.1, -0.05) is 41.4 Å². The van der Waals surface area contributed by atoms with Gasteiger partial charge in [0.1, 0.15) is 6.54 Å². The molecule has 0 bridgehead atoms. The van der Waals surface area contributed by atoms with E-state index in [0.717, 1.165) is 41.4 Å². The first-order valence-electron chi connectivity index (χ1n) is 9.14. The van der Waals surface area contributed by atoms with Crippen LogP contribution in [0.1, 0.15) is 28.7 Å². The van der Waals surface area contributed by atoms with Crippen LogP contribution in [-0.2, 0) is 21.2 Å². The third kappa shape index (κ3) is 6.24. The third-order valence-corrected chi connectivity index (χ3v) is 5.81. The smallest absolute Gasteiger partial charge is 0.240 e. The number of sulfonamides is 1. The molecule has 2 aromatic carbocycles. The van der Waals surface area contributed by atoms with Crippen molar-refractivity contribution in [2.75, 3.05) is 23.7 Å². The van der Waals surface area contributed by atoms with E-state index in [1.807, 2.05) is 57.2 Å². The van der Waals surface area contributed by atoms with Crippen molar-refractivity contribution in [3.8, 4) is 0 Å². The number of nitrogens with one attached hydrogen (secondary N) is 1. The molecule has 0 fully saturated rings. The summed E-state index contributed by atoms with van der Waals surface area (Å²) in [5, 5.41) is 3.51. The van der Waals surface area contributed by atoms with Gasteiger partial charge in [-0.05, 0) is 62.4 Å². The summed E-state index contributed by atoms with van der Waals surface area (Å²) >= 11 is 5.87. The molecule has 0 radical (unpaired) electrons. The van der Waals surface area contributed by atoms with E-state index in [0.29, 0.717) is 17.3 Å². The van der Waals surface area contributed by atoms with E-state index in [-0.39, 0.29) is 12.5 Å². The first-order valence-corrected chi connectivity index (χ1v) is 11.4. The monoisotopic (exact) mass is 422 g/mol. The Morgan fingerprint density at radius 1 is 1.07 bits per heavy atom. The molecule has 0 aliphatic rings. The Morgan fingerprint density at radius 2 is 1.64 bits per heavy atom. The highest BCUT2D eigenvalue weighted by Crippen LogP contribution is 2.28. The number of amides is 1. The first kappa shape index (κ1) is 22.2. The van der Waals surface area contributed by atoms with Gasteiger partial charge in [-0.15, -0.1) is 0 Å². The van der Waals surface area contributed by atoms with Crippen LogP contribution in [0.5, 0.6) is 0 Å². The van der Waals surface area contributed by atoms with Crippen LogP contribution in [0.4, 0.5) is 5.69 Å². The highest BCUT2D eigenvalue weighted by Gasteiger charge is 2.24. The highest BCUT2D eigenvalue weighted by molar-refractivity contribution is 7.92. The Kier molecular flexibility index (Phi) is 7.49. The fourth-order valence-corrected chi connectivity index (χ4v) is 4.38. The molecule has 0 saturated heterocycles. The number of benzene rings is 2. The molecule has 0 saturated carbocycles. The quantitative estimate of drug-likeness (QED) is 0.658. The lowest BCUT2D eigenvalue weighted by Crippen LogP contribution is -2.41. The van der Waals surface area contributed by atoms with Crippen LogP contribution in [0.25, 0.3) is 0 Å². The van der Waals surface area contributed by atoms with E-state index in [2.05, 4.69) is 5.32 Å². The molecule has 0 aliphatic carbocycles. The molecule has 1 N–H and O–H groups in total. The average Bonchev–Trinajstić information content (AvgIpc) is 2.57. The summed E-state index contributed by atoms with van der Waals surface area (Å²) in [6.07, 6.45) is 2.69. The predicted molar refractivity (Wildman–Crippen MR) is 116 cm³/mol. The zero-order valence-corrected chi connectivity index (χ0v) is 18.3. The molecule has 0 unspecified atom stereocenters. The van der Waals surface area contributed by atoms with E-state index in [4.69, 9.17) is 11.6 Å². The maximum Gasteiger partial charge on any atom is 0.240 e. The predicted octanol–water partition coefficient (Wildman–Crippen LogP) is 3.78. The second-order valence-electron chi connectivity index (χ2n) is 7.10. The van der Waals surface area contributed by atoms with Crippen LogP contribution in [0.15, 0.2) is 36.4 Å². The molecule has 28 heavy (non-hydrogen) atoms. The van der Waals surface area contributed by atoms with E-state index in [1.165, 1.54) is 4.31 Å². The van der Waals surface area contributed by atoms with E-state index in [1.54, 1.807) is 0 Å². The van der Waals surface area contributed by atoms with Gasteiger partial charge in [0.2, 0.25) is 15.9 Å². The van der Waals surface area contributed by atoms with E-state index in [9.17, 15) is 13.2 Å². The van der Waals surface area contributed by atoms with E-state index < -0.39 is 10.0 Å². The summed E-state index contributed by atoms with van der Waals surface area (Å²) in [4.78, 5) is 12.4. The Hall–Kier alpha value is -2.05. The minimum Gasteiger partial charge on any atom is -0.355 e. The van der Waals surface area contributed by atoms with Crippen LogP contribution in [0.3, 0.4) is 0 Å². The zero-order chi connectivity index (χ0) is 20.9. The standard InChI is InChI=1S/C21H27ClN2O3S/c1-15-12-16(2)21(17(3)13-15)24(28(4,26)27)14-20(25)23-11-5-6-18-7-9-19(22)10-8-18/h7-10,12-13H,5-6,11,14H2,1-4H3,(H,23,25). The fraction of sp³-hybridized carbons (Fsp3) is 0.381. The molecule has 0 heterocycles. The van der Waals surface area contributed by atoms with Crippen LogP contribution < -0.4 is 9.62 Å². The fourth-order valence-electron chi connectivity index (χ4n) is 3.29. The van der Waals surface area contributed by atoms with Crippen molar-refractivity contribution in [3.05, 3.63) is 63.7 Å². The zero-order valence-electron chi connectivity index (χ0n) is 16.8. The van der Waals surface area contributed by atoms with Gasteiger partial charge < -0.3 is 5.32 Å². The lowest BCUT2D eigenvalue weighted by Gasteiger charge is -2.26. The molecule has 1 amide bonds.